The van der Waals surface area contributed by atoms with Crippen LogP contribution in [0.15, 0.2) is 24.5 Å². The molecule has 1 aromatic rings. The van der Waals surface area contributed by atoms with Crippen molar-refractivity contribution in [2.24, 2.45) is 0 Å². The maximum atomic E-state index is 4.13. The van der Waals surface area contributed by atoms with Crippen molar-refractivity contribution in [1.82, 2.24) is 15.2 Å². The third-order valence-electron chi connectivity index (χ3n) is 2.30. The number of nitrogens with zero attached hydrogens (tertiary/aromatic N) is 2. The highest BCUT2D eigenvalue weighted by molar-refractivity contribution is 5.13. The van der Waals surface area contributed by atoms with E-state index in [1.807, 2.05) is 25.5 Å². The highest BCUT2D eigenvalue weighted by atomic mass is 15.1. The van der Waals surface area contributed by atoms with E-state index in [0.29, 0.717) is 6.04 Å². The van der Waals surface area contributed by atoms with Crippen LogP contribution in [-0.2, 0) is 0 Å². The van der Waals surface area contributed by atoms with E-state index in [1.165, 1.54) is 5.56 Å². The minimum absolute atomic E-state index is 0.408. The predicted molar refractivity (Wildman–Crippen MR) is 59.2 cm³/mol. The summed E-state index contributed by atoms with van der Waals surface area (Å²) >= 11 is 0. The molecule has 0 fully saturated rings. The molecule has 0 aliphatic heterocycles. The van der Waals surface area contributed by atoms with Crippen LogP contribution in [0.5, 0.6) is 0 Å². The lowest BCUT2D eigenvalue weighted by Crippen LogP contribution is -2.22. The van der Waals surface area contributed by atoms with Crippen LogP contribution in [0.4, 0.5) is 0 Å². The molecular formula is C11H19N3. The van der Waals surface area contributed by atoms with Crippen LogP contribution >= 0.6 is 0 Å². The van der Waals surface area contributed by atoms with E-state index < -0.39 is 0 Å². The first-order valence-corrected chi connectivity index (χ1v) is 4.96. The van der Waals surface area contributed by atoms with Gasteiger partial charge in [0.15, 0.2) is 0 Å². The van der Waals surface area contributed by atoms with Crippen LogP contribution in [0, 0.1) is 0 Å². The molecule has 1 atom stereocenters. The molecule has 3 heteroatoms. The van der Waals surface area contributed by atoms with Crippen LogP contribution in [0.3, 0.4) is 0 Å². The van der Waals surface area contributed by atoms with Crippen LogP contribution in [0.2, 0.25) is 0 Å². The van der Waals surface area contributed by atoms with Gasteiger partial charge < -0.3 is 10.2 Å². The predicted octanol–water partition coefficient (Wildman–Crippen LogP) is 1.29. The largest absolute Gasteiger partial charge is 0.313 e. The van der Waals surface area contributed by atoms with Gasteiger partial charge in [-0.05, 0) is 45.7 Å². The average molecular weight is 193 g/mol. The van der Waals surface area contributed by atoms with Crippen LogP contribution in [-0.4, -0.2) is 37.6 Å². The Morgan fingerprint density at radius 2 is 2.29 bits per heavy atom. The topological polar surface area (TPSA) is 28.2 Å². The summed E-state index contributed by atoms with van der Waals surface area (Å²) in [5.74, 6) is 0. The first-order chi connectivity index (χ1) is 6.74. The fraction of sp³-hybridized carbons (Fsp3) is 0.545. The Bertz CT molecular complexity index is 246. The van der Waals surface area contributed by atoms with Crippen molar-refractivity contribution in [3.8, 4) is 0 Å². The molecule has 0 spiro atoms. The molecule has 1 unspecified atom stereocenters. The number of hydrogen-bond acceptors (Lipinski definition) is 3. The first kappa shape index (κ1) is 11.1. The van der Waals surface area contributed by atoms with Crippen molar-refractivity contribution in [2.45, 2.75) is 12.5 Å². The highest BCUT2D eigenvalue weighted by Gasteiger charge is 2.08. The minimum Gasteiger partial charge on any atom is -0.313 e. The van der Waals surface area contributed by atoms with Gasteiger partial charge in [-0.3, -0.25) is 4.98 Å². The van der Waals surface area contributed by atoms with Gasteiger partial charge in [-0.25, -0.2) is 0 Å². The third-order valence-corrected chi connectivity index (χ3v) is 2.30. The van der Waals surface area contributed by atoms with Crippen LogP contribution < -0.4 is 5.32 Å². The second-order valence-corrected chi connectivity index (χ2v) is 3.72. The Morgan fingerprint density at radius 1 is 1.50 bits per heavy atom. The van der Waals surface area contributed by atoms with Crippen molar-refractivity contribution in [2.75, 3.05) is 27.7 Å². The Hall–Kier alpha value is -0.930. The van der Waals surface area contributed by atoms with Gasteiger partial charge in [-0.15, -0.1) is 0 Å². The molecule has 0 aliphatic carbocycles. The number of rotatable bonds is 5. The second-order valence-electron chi connectivity index (χ2n) is 3.72. The number of aromatic nitrogens is 1. The second kappa shape index (κ2) is 5.73. The molecule has 3 nitrogen and oxygen atoms in total. The lowest BCUT2D eigenvalue weighted by Gasteiger charge is -2.18. The van der Waals surface area contributed by atoms with Crippen molar-refractivity contribution in [3.05, 3.63) is 30.1 Å². The molecule has 14 heavy (non-hydrogen) atoms. The molecule has 1 aromatic heterocycles. The van der Waals surface area contributed by atoms with E-state index in [4.69, 9.17) is 0 Å². The number of nitrogens with one attached hydrogen (secondary N) is 1. The highest BCUT2D eigenvalue weighted by Crippen LogP contribution is 2.14. The van der Waals surface area contributed by atoms with E-state index >= 15 is 0 Å². The van der Waals surface area contributed by atoms with E-state index in [0.717, 1.165) is 13.0 Å². The summed E-state index contributed by atoms with van der Waals surface area (Å²) in [7, 11) is 6.18. The molecule has 78 valence electrons. The van der Waals surface area contributed by atoms with Crippen molar-refractivity contribution < 1.29 is 0 Å². The van der Waals surface area contributed by atoms with Crippen LogP contribution in [0.1, 0.15) is 18.0 Å². The summed E-state index contributed by atoms with van der Waals surface area (Å²) in [6.07, 6.45) is 4.84. The summed E-state index contributed by atoms with van der Waals surface area (Å²) in [6.45, 7) is 1.08. The fourth-order valence-electron chi connectivity index (χ4n) is 1.45. The third kappa shape index (κ3) is 3.44. The number of hydrogen-bond donors (Lipinski definition) is 1. The van der Waals surface area contributed by atoms with Crippen molar-refractivity contribution in [1.29, 1.82) is 0 Å². The van der Waals surface area contributed by atoms with Gasteiger partial charge in [0.1, 0.15) is 0 Å². The molecule has 1 N–H and O–H groups in total. The monoisotopic (exact) mass is 193 g/mol. The van der Waals surface area contributed by atoms with Gasteiger partial charge >= 0.3 is 0 Å². The summed E-state index contributed by atoms with van der Waals surface area (Å²) in [4.78, 5) is 6.32. The zero-order valence-electron chi connectivity index (χ0n) is 9.20. The van der Waals surface area contributed by atoms with E-state index in [-0.39, 0.29) is 0 Å². The molecule has 1 heterocycles. The standard InChI is InChI=1S/C11H19N3/c1-12-11(6-8-14(2)3)10-5-4-7-13-9-10/h4-5,7,9,11-12H,6,8H2,1-3H3. The molecule has 0 bridgehead atoms. The molecule has 1 rings (SSSR count). The smallest absolute Gasteiger partial charge is 0.0345 e. The van der Waals surface area contributed by atoms with Gasteiger partial charge in [-0.1, -0.05) is 6.07 Å². The normalized spacial score (nSPS) is 13.1. The van der Waals surface area contributed by atoms with Gasteiger partial charge in [-0.2, -0.15) is 0 Å². The van der Waals surface area contributed by atoms with Gasteiger partial charge in [0.2, 0.25) is 0 Å². The van der Waals surface area contributed by atoms with Gasteiger partial charge in [0, 0.05) is 18.4 Å². The number of pyridine rings is 1. The van der Waals surface area contributed by atoms with Crippen LogP contribution in [0.25, 0.3) is 0 Å². The maximum Gasteiger partial charge on any atom is 0.0345 e. The lowest BCUT2D eigenvalue weighted by molar-refractivity contribution is 0.368. The van der Waals surface area contributed by atoms with Gasteiger partial charge in [0.05, 0.1) is 0 Å². The molecule has 0 amide bonds. The molecule has 0 saturated heterocycles. The quantitative estimate of drug-likeness (QED) is 0.764. The molecule has 0 saturated carbocycles. The van der Waals surface area contributed by atoms with E-state index in [1.54, 1.807) is 0 Å². The molecule has 0 aliphatic rings. The van der Waals surface area contributed by atoms with Gasteiger partial charge in [0.25, 0.3) is 0 Å². The Kier molecular flexibility index (Phi) is 4.56. The Balaban J connectivity index is 2.54. The molecule has 0 radical (unpaired) electrons. The summed E-state index contributed by atoms with van der Waals surface area (Å²) in [5, 5.41) is 3.31. The van der Waals surface area contributed by atoms with E-state index in [9.17, 15) is 0 Å². The maximum absolute atomic E-state index is 4.13. The van der Waals surface area contributed by atoms with Crippen molar-refractivity contribution >= 4 is 0 Å². The summed E-state index contributed by atoms with van der Waals surface area (Å²) in [6, 6.07) is 4.50. The summed E-state index contributed by atoms with van der Waals surface area (Å²) < 4.78 is 0. The van der Waals surface area contributed by atoms with Crippen molar-refractivity contribution in [3.63, 3.8) is 0 Å². The fourth-order valence-corrected chi connectivity index (χ4v) is 1.45. The molecular weight excluding hydrogens is 174 g/mol. The van der Waals surface area contributed by atoms with E-state index in [2.05, 4.69) is 35.4 Å². The SMILES string of the molecule is CNC(CCN(C)C)c1cccnc1. The minimum atomic E-state index is 0.408. The molecule has 0 aromatic carbocycles. The average Bonchev–Trinajstić information content (AvgIpc) is 2.20. The Morgan fingerprint density at radius 3 is 2.79 bits per heavy atom. The summed E-state index contributed by atoms with van der Waals surface area (Å²) in [5.41, 5.74) is 1.26. The lowest BCUT2D eigenvalue weighted by atomic mass is 10.1. The zero-order valence-corrected chi connectivity index (χ0v) is 9.20. The first-order valence-electron chi connectivity index (χ1n) is 4.96. The zero-order chi connectivity index (χ0) is 10.4. The Labute approximate surface area is 86.2 Å².